The van der Waals surface area contributed by atoms with Crippen LogP contribution >= 0.6 is 12.6 Å². The van der Waals surface area contributed by atoms with E-state index < -0.39 is 270 Å². The van der Waals surface area contributed by atoms with Crippen LogP contribution in [-0.2, 0) is 99.1 Å². The number of guanidine groups is 4. The molecule has 17 amide bonds. The lowest BCUT2D eigenvalue weighted by molar-refractivity contribution is -0.150. The number of likely N-dealkylation sites (tertiary alicyclic amines) is 3. The molecule has 5 rings (SSSR count). The van der Waals surface area contributed by atoms with Gasteiger partial charge in [-0.2, -0.15) is 12.6 Å². The molecule has 4 heterocycles. The first-order chi connectivity index (χ1) is 68.4. The number of benzene rings is 1. The third-order valence-corrected chi connectivity index (χ3v) is 24.7. The second-order valence-electron chi connectivity index (χ2n) is 35.9. The third kappa shape index (κ3) is 39.3. The number of aliphatic hydroxyl groups is 5. The number of thiol groups is 1. The molecule has 0 radical (unpaired) electrons. The summed E-state index contributed by atoms with van der Waals surface area (Å²) in [6.45, 7) is 9.20. The highest BCUT2D eigenvalue weighted by Gasteiger charge is 2.48. The van der Waals surface area contributed by atoms with Gasteiger partial charge in [0.15, 0.2) is 23.8 Å². The van der Waals surface area contributed by atoms with Gasteiger partial charge in [0.2, 0.25) is 100 Å². The Balaban J connectivity index is 1.26. The van der Waals surface area contributed by atoms with Crippen molar-refractivity contribution in [3.63, 3.8) is 0 Å². The normalized spacial score (nSPS) is 18.5. The first-order valence-corrected chi connectivity index (χ1v) is 48.5. The minimum Gasteiger partial charge on any atom is -0.480 e. The number of aromatic nitrogens is 2. The Labute approximate surface area is 842 Å². The van der Waals surface area contributed by atoms with Crippen molar-refractivity contribution in [2.24, 2.45) is 34.6 Å². The number of aromatic amines is 1. The molecular weight excluding hydrogens is 1920 g/mol. The monoisotopic (exact) mass is 2070 g/mol. The van der Waals surface area contributed by atoms with E-state index >= 15 is 0 Å². The number of nitrogens with two attached hydrogens (primary N) is 5. The molecule has 808 valence electrons. The van der Waals surface area contributed by atoms with Gasteiger partial charge < -0.3 is 175 Å². The molecule has 2 aromatic rings. The fraction of sp³-hybridized carbons (Fsp3) is 0.648. The summed E-state index contributed by atoms with van der Waals surface area (Å²) < 4.78 is 0. The minimum atomic E-state index is -1.97. The van der Waals surface area contributed by atoms with Gasteiger partial charge >= 0.3 is 5.97 Å². The second-order valence-corrected chi connectivity index (χ2v) is 36.3. The van der Waals surface area contributed by atoms with Crippen molar-refractivity contribution in [3.05, 3.63) is 54.1 Å². The number of carboxylic acid groups (broad SMARTS) is 1. The molecule has 0 unspecified atom stereocenters. The number of nitrogens with zero attached hydrogens (tertiary/aromatic N) is 4. The maximum Gasteiger partial charge on any atom is 0.327 e. The Bertz CT molecular complexity index is 4770. The van der Waals surface area contributed by atoms with Crippen molar-refractivity contribution in [1.29, 1.82) is 21.6 Å². The number of carbonyl (C=O) groups is 18. The molecule has 56 nitrogen and oxygen atoms in total. The Morgan fingerprint density at radius 2 is 0.745 bits per heavy atom. The summed E-state index contributed by atoms with van der Waals surface area (Å²) in [5, 5.41) is 141. The number of amides is 17. The molecule has 57 heteroatoms. The van der Waals surface area contributed by atoms with E-state index in [0.29, 0.717) is 5.56 Å². The Kier molecular flexibility index (Phi) is 50.8. The van der Waals surface area contributed by atoms with E-state index in [1.165, 1.54) is 12.5 Å². The van der Waals surface area contributed by atoms with Crippen LogP contribution in [0.1, 0.15) is 163 Å². The molecule has 1 aromatic heterocycles. The van der Waals surface area contributed by atoms with Gasteiger partial charge in [0.1, 0.15) is 103 Å². The quantitative estimate of drug-likeness (QED) is 0.0127. The number of imidazole rings is 1. The predicted octanol–water partition coefficient (Wildman–Crippen LogP) is -12.0. The average Bonchev–Trinajstić information content (AvgIpc) is 1.65. The number of hydrogen-bond donors (Lipinski definition) is 35. The summed E-state index contributed by atoms with van der Waals surface area (Å²) in [6.07, 6.45) is -6.18. The molecule has 3 aliphatic heterocycles. The van der Waals surface area contributed by atoms with E-state index in [1.807, 2.05) is 0 Å². The first kappa shape index (κ1) is 122. The molecule has 0 spiro atoms. The van der Waals surface area contributed by atoms with Gasteiger partial charge in [-0.1, -0.05) is 50.6 Å². The first-order valence-electron chi connectivity index (χ1n) is 47.9. The lowest BCUT2D eigenvalue weighted by Gasteiger charge is -2.34. The molecule has 0 saturated carbocycles. The smallest absolute Gasteiger partial charge is 0.327 e. The van der Waals surface area contributed by atoms with Crippen LogP contribution in [0.25, 0.3) is 0 Å². The molecule has 3 fully saturated rings. The number of H-pyrrole nitrogens is 1. The predicted molar refractivity (Wildman–Crippen MR) is 524 cm³/mol. The highest BCUT2D eigenvalue weighted by atomic mass is 32.1. The van der Waals surface area contributed by atoms with Crippen LogP contribution < -0.4 is 124 Å². The summed E-state index contributed by atoms with van der Waals surface area (Å²) in [5.74, 6) is -21.1. The van der Waals surface area contributed by atoms with E-state index in [-0.39, 0.29) is 172 Å². The van der Waals surface area contributed by atoms with Gasteiger partial charge in [-0.15, -0.1) is 0 Å². The van der Waals surface area contributed by atoms with E-state index in [4.69, 9.17) is 50.3 Å². The van der Waals surface area contributed by atoms with Crippen LogP contribution in [0.5, 0.6) is 0 Å². The van der Waals surface area contributed by atoms with Crippen LogP contribution in [-0.4, -0.2) is 377 Å². The van der Waals surface area contributed by atoms with Gasteiger partial charge in [-0.3, -0.25) is 103 Å². The number of aliphatic hydroxyl groups excluding tert-OH is 5. The molecule has 1 aromatic carbocycles. The number of carbonyl (C=O) groups excluding carboxylic acids is 17. The SMILES string of the molecule is CC[C@H](C)[C@H](NC(=O)[C@@H]1CCCN1C(=O)[C@@H](NC(=O)[C@H](C)NC(=O)[C@@H](NC(=O)[C@@H](NC(=O)[C@@H]1CCCN1C(=O)[C@@H]1CCCN1C(=O)[C@@H](NC(=O)[C@@H](NC(=O)[C@H](CCCNC(=N)N)NC(=O)[C@H](CCCNC(=N)N)NC(=O)[C@H](Cc1ccccc1)NC(=O)CN)[C@@H](C)O)[C@@H](C)O)[C@@H](C)O)[C@@H](C)O)[C@@H](C)O)C(=O)N[C@@H](CCCNC(=N)N)C(=O)N[C@@H](Cc1c[nH]cn1)C(=O)N[C@@H](CCCNC(=N)N)C(=O)N[C@@H](CS)C(=O)O. The minimum absolute atomic E-state index is 0.00388. The van der Waals surface area contributed by atoms with Crippen molar-refractivity contribution in [3.8, 4) is 0 Å². The van der Waals surface area contributed by atoms with E-state index in [1.54, 1.807) is 44.2 Å². The van der Waals surface area contributed by atoms with Crippen LogP contribution in [0.4, 0.5) is 0 Å². The van der Waals surface area contributed by atoms with Crippen molar-refractivity contribution < 1.29 is 117 Å². The van der Waals surface area contributed by atoms with Crippen molar-refractivity contribution >= 4 is 143 Å². The van der Waals surface area contributed by atoms with Gasteiger partial charge in [0.05, 0.1) is 49.1 Å². The zero-order valence-electron chi connectivity index (χ0n) is 82.4. The largest absolute Gasteiger partial charge is 0.480 e. The van der Waals surface area contributed by atoms with Crippen molar-refractivity contribution in [1.82, 2.24) is 120 Å². The van der Waals surface area contributed by atoms with Crippen LogP contribution in [0, 0.1) is 27.6 Å². The highest BCUT2D eigenvalue weighted by Crippen LogP contribution is 2.28. The zero-order chi connectivity index (χ0) is 108. The average molecular weight is 2070 g/mol. The van der Waals surface area contributed by atoms with Crippen molar-refractivity contribution in [2.75, 3.05) is 58.1 Å². The summed E-state index contributed by atoms with van der Waals surface area (Å²) in [4.78, 5) is 265. The van der Waals surface area contributed by atoms with Gasteiger partial charge in [-0.05, 0) is 143 Å². The third-order valence-electron chi connectivity index (χ3n) is 24.3. The molecule has 0 aliphatic carbocycles. The lowest BCUT2D eigenvalue weighted by Crippen LogP contribution is -2.64. The standard InChI is InChI=1S/C88H146N32O24S/c1-9-42(2)62(77(136)109-53(24-15-31-101-87(94)95)70(129)110-56(37-50-39-98-41-103-50)74(133)108-52(23-14-30-100-86(92)93)71(130)111-57(40-145)84(143)144)112-75(134)59-27-18-34-119(59)82(141)66(47(7)124)116-68(127)43(3)104-78(137)63(44(4)121)115-79(138)65(46(6)123)114-76(135)58-26-17-33-118(58)81(140)60-28-19-35-120(60)83(142)67(48(8)125)117-80(139)64(45(5)122)113-72(131)54(25-16-32-102-88(96)97)106-69(128)51(22-13-29-99-85(90)91)107-73(132)55(105-61(126)38-89)36-49-20-11-10-12-21-49/h10-12,20-21,39,41-48,51-60,62-67,121-125,145H,9,13-19,22-38,40,89H2,1-8H3,(H,98,103)(H,104,137)(H,105,126)(H,106,128)(H,107,132)(H,108,133)(H,109,136)(H,110,129)(H,111,130)(H,112,134)(H,113,131)(H,114,135)(H,115,138)(H,116,127)(H,117,139)(H,143,144)(H4,90,91,99)(H4,92,93,100)(H4,94,95,101)(H4,96,97,102)/t42-,43-,44+,45+,46+,47+,48+,51-,52-,53-,54-,55-,56-,57-,58-,59-,60-,62-,63-,64-,65-,66-,67-/m0/s1. The highest BCUT2D eigenvalue weighted by molar-refractivity contribution is 7.80. The van der Waals surface area contributed by atoms with E-state index in [0.717, 1.165) is 56.2 Å². The lowest BCUT2D eigenvalue weighted by atomic mass is 9.96. The maximum atomic E-state index is 14.8. The molecule has 3 aliphatic rings. The zero-order valence-corrected chi connectivity index (χ0v) is 83.3. The molecule has 23 atom stereocenters. The fourth-order valence-corrected chi connectivity index (χ4v) is 16.4. The fourth-order valence-electron chi connectivity index (χ4n) is 16.2. The molecule has 3 saturated heterocycles. The number of rotatable bonds is 60. The topological polar surface area (TPSA) is 909 Å². The van der Waals surface area contributed by atoms with Gasteiger partial charge in [0.25, 0.3) is 0 Å². The number of hydrogen-bond acceptors (Lipinski definition) is 30. The van der Waals surface area contributed by atoms with Crippen LogP contribution in [0.15, 0.2) is 42.9 Å². The Hall–Kier alpha value is -13.9. The molecule has 39 N–H and O–H groups in total. The Morgan fingerprint density at radius 3 is 1.14 bits per heavy atom. The maximum absolute atomic E-state index is 14.8. The van der Waals surface area contributed by atoms with Gasteiger partial charge in [-0.25, -0.2) is 9.78 Å². The van der Waals surface area contributed by atoms with E-state index in [2.05, 4.69) is 118 Å². The molecule has 0 bridgehead atoms. The number of carboxylic acids is 1. The second kappa shape index (κ2) is 60.6. The Morgan fingerprint density at radius 1 is 0.414 bits per heavy atom. The van der Waals surface area contributed by atoms with Crippen LogP contribution in [0.2, 0.25) is 0 Å². The van der Waals surface area contributed by atoms with Crippen molar-refractivity contribution in [2.45, 2.75) is 298 Å². The summed E-state index contributed by atoms with van der Waals surface area (Å²) in [7, 11) is 0. The summed E-state index contributed by atoms with van der Waals surface area (Å²) >= 11 is 4.01. The number of aliphatic carboxylic acids is 1. The van der Waals surface area contributed by atoms with Gasteiger partial charge in [0, 0.05) is 70.6 Å². The molecular formula is C88H146N32O24S. The summed E-state index contributed by atoms with van der Waals surface area (Å²) in [6, 6.07) is -18.6. The molecule has 145 heavy (non-hydrogen) atoms. The number of nitrogens with one attached hydrogen (secondary N) is 23. The van der Waals surface area contributed by atoms with E-state index in [9.17, 15) is 117 Å². The summed E-state index contributed by atoms with van der Waals surface area (Å²) in [5.41, 5.74) is 28.4. The van der Waals surface area contributed by atoms with Crippen LogP contribution in [0.3, 0.4) is 0 Å².